The van der Waals surface area contributed by atoms with Crippen LogP contribution in [0.25, 0.3) is 10.6 Å². The summed E-state index contributed by atoms with van der Waals surface area (Å²) in [7, 11) is 0. The first-order valence-electron chi connectivity index (χ1n) is 5.39. The van der Waals surface area contributed by atoms with Crippen LogP contribution in [-0.2, 0) is 9.47 Å². The number of thiazole rings is 1. The molecule has 1 aromatic heterocycles. The van der Waals surface area contributed by atoms with Crippen LogP contribution in [0.2, 0.25) is 10.0 Å². The van der Waals surface area contributed by atoms with Crippen molar-refractivity contribution in [1.29, 1.82) is 0 Å². The van der Waals surface area contributed by atoms with E-state index in [-0.39, 0.29) is 6.29 Å². The molecule has 0 N–H and O–H groups in total. The van der Waals surface area contributed by atoms with E-state index in [2.05, 4.69) is 4.98 Å². The van der Waals surface area contributed by atoms with E-state index in [4.69, 9.17) is 32.7 Å². The van der Waals surface area contributed by atoms with E-state index in [9.17, 15) is 0 Å². The molecule has 2 aromatic rings. The second-order valence-corrected chi connectivity index (χ2v) is 5.40. The standard InChI is InChI=1S/C12H9Cl2NO2S/c13-8-3-1-2-7(10(8)14)11-15-9(6-18-11)12-16-4-5-17-12/h1-3,6,12H,4-5H2. The molecule has 1 aliphatic rings. The summed E-state index contributed by atoms with van der Waals surface area (Å²) in [6, 6.07) is 5.51. The summed E-state index contributed by atoms with van der Waals surface area (Å²) < 4.78 is 10.8. The molecule has 0 amide bonds. The summed E-state index contributed by atoms with van der Waals surface area (Å²) in [5, 5.41) is 3.78. The molecule has 0 radical (unpaired) electrons. The summed E-state index contributed by atoms with van der Waals surface area (Å²) >= 11 is 13.7. The summed E-state index contributed by atoms with van der Waals surface area (Å²) in [6.07, 6.45) is -0.354. The zero-order valence-electron chi connectivity index (χ0n) is 9.23. The minimum atomic E-state index is -0.354. The largest absolute Gasteiger partial charge is 0.345 e. The second-order valence-electron chi connectivity index (χ2n) is 3.75. The quantitative estimate of drug-likeness (QED) is 0.834. The van der Waals surface area contributed by atoms with Gasteiger partial charge < -0.3 is 9.47 Å². The second kappa shape index (κ2) is 5.15. The number of hydrogen-bond donors (Lipinski definition) is 0. The predicted molar refractivity (Wildman–Crippen MR) is 72.2 cm³/mol. The van der Waals surface area contributed by atoms with E-state index in [1.165, 1.54) is 11.3 Å². The Morgan fingerprint density at radius 1 is 1.22 bits per heavy atom. The van der Waals surface area contributed by atoms with E-state index in [0.29, 0.717) is 23.3 Å². The lowest BCUT2D eigenvalue weighted by molar-refractivity contribution is -0.0468. The number of nitrogens with zero attached hydrogens (tertiary/aromatic N) is 1. The number of aromatic nitrogens is 1. The highest BCUT2D eigenvalue weighted by molar-refractivity contribution is 7.13. The molecule has 0 spiro atoms. The van der Waals surface area contributed by atoms with Gasteiger partial charge in [0.05, 0.1) is 23.3 Å². The Kier molecular flexibility index (Phi) is 3.54. The molecule has 0 atom stereocenters. The van der Waals surface area contributed by atoms with Gasteiger partial charge in [-0.25, -0.2) is 4.98 Å². The number of benzene rings is 1. The van der Waals surface area contributed by atoms with Crippen LogP contribution in [0, 0.1) is 0 Å². The third kappa shape index (κ3) is 2.27. The maximum absolute atomic E-state index is 6.17. The smallest absolute Gasteiger partial charge is 0.202 e. The van der Waals surface area contributed by atoms with Gasteiger partial charge in [-0.15, -0.1) is 11.3 Å². The molecule has 0 saturated carbocycles. The van der Waals surface area contributed by atoms with Gasteiger partial charge in [-0.3, -0.25) is 0 Å². The highest BCUT2D eigenvalue weighted by Crippen LogP contribution is 2.36. The van der Waals surface area contributed by atoms with Gasteiger partial charge in [0.25, 0.3) is 0 Å². The molecule has 18 heavy (non-hydrogen) atoms. The Labute approximate surface area is 118 Å². The van der Waals surface area contributed by atoms with Crippen molar-refractivity contribution in [1.82, 2.24) is 4.98 Å². The van der Waals surface area contributed by atoms with E-state index in [1.54, 1.807) is 6.07 Å². The average Bonchev–Trinajstić information content (AvgIpc) is 3.01. The van der Waals surface area contributed by atoms with E-state index < -0.39 is 0 Å². The summed E-state index contributed by atoms with van der Waals surface area (Å²) in [5.74, 6) is 0. The molecular weight excluding hydrogens is 293 g/mol. The first-order chi connectivity index (χ1) is 8.75. The van der Waals surface area contributed by atoms with Crippen LogP contribution >= 0.6 is 34.5 Å². The Morgan fingerprint density at radius 3 is 2.78 bits per heavy atom. The van der Waals surface area contributed by atoms with Crippen molar-refractivity contribution < 1.29 is 9.47 Å². The predicted octanol–water partition coefficient (Wildman–Crippen LogP) is 4.16. The number of rotatable bonds is 2. The molecule has 94 valence electrons. The molecule has 1 aromatic carbocycles. The van der Waals surface area contributed by atoms with Gasteiger partial charge in [-0.05, 0) is 6.07 Å². The summed E-state index contributed by atoms with van der Waals surface area (Å²) in [4.78, 5) is 4.49. The van der Waals surface area contributed by atoms with Gasteiger partial charge in [0, 0.05) is 10.9 Å². The van der Waals surface area contributed by atoms with Crippen LogP contribution in [0.1, 0.15) is 12.0 Å². The third-order valence-electron chi connectivity index (χ3n) is 2.57. The lowest BCUT2D eigenvalue weighted by atomic mass is 10.2. The molecule has 6 heteroatoms. The molecule has 1 aliphatic heterocycles. The monoisotopic (exact) mass is 301 g/mol. The number of halogens is 2. The van der Waals surface area contributed by atoms with Crippen LogP contribution in [0.3, 0.4) is 0 Å². The van der Waals surface area contributed by atoms with Crippen LogP contribution in [0.4, 0.5) is 0 Å². The molecule has 2 heterocycles. The van der Waals surface area contributed by atoms with Crippen LogP contribution in [-0.4, -0.2) is 18.2 Å². The van der Waals surface area contributed by atoms with Crippen molar-refractivity contribution in [2.45, 2.75) is 6.29 Å². The molecule has 3 nitrogen and oxygen atoms in total. The summed E-state index contributed by atoms with van der Waals surface area (Å²) in [5.41, 5.74) is 1.61. The third-order valence-corrected chi connectivity index (χ3v) is 4.28. The molecule has 0 unspecified atom stereocenters. The Hall–Kier alpha value is -0.650. The van der Waals surface area contributed by atoms with Crippen molar-refractivity contribution in [2.75, 3.05) is 13.2 Å². The first kappa shape index (κ1) is 12.4. The van der Waals surface area contributed by atoms with Crippen molar-refractivity contribution >= 4 is 34.5 Å². The Morgan fingerprint density at radius 2 is 2.00 bits per heavy atom. The Bertz CT molecular complexity index is 567. The average molecular weight is 302 g/mol. The fourth-order valence-corrected chi connectivity index (χ4v) is 3.01. The zero-order chi connectivity index (χ0) is 12.5. The minimum Gasteiger partial charge on any atom is -0.345 e. The maximum atomic E-state index is 6.17. The van der Waals surface area contributed by atoms with Crippen LogP contribution in [0.15, 0.2) is 23.6 Å². The molecule has 0 aliphatic carbocycles. The first-order valence-corrected chi connectivity index (χ1v) is 7.02. The van der Waals surface area contributed by atoms with Gasteiger partial charge in [0.2, 0.25) is 6.29 Å². The molecular formula is C12H9Cl2NO2S. The molecule has 3 rings (SSSR count). The highest BCUT2D eigenvalue weighted by Gasteiger charge is 2.22. The van der Waals surface area contributed by atoms with Gasteiger partial charge in [0.15, 0.2) is 0 Å². The van der Waals surface area contributed by atoms with Gasteiger partial charge in [0.1, 0.15) is 10.7 Å². The molecule has 1 saturated heterocycles. The van der Waals surface area contributed by atoms with Crippen molar-refractivity contribution in [3.63, 3.8) is 0 Å². The summed E-state index contributed by atoms with van der Waals surface area (Å²) in [6.45, 7) is 1.21. The minimum absolute atomic E-state index is 0.354. The van der Waals surface area contributed by atoms with Crippen LogP contribution < -0.4 is 0 Å². The number of hydrogen-bond acceptors (Lipinski definition) is 4. The van der Waals surface area contributed by atoms with Crippen molar-refractivity contribution in [3.05, 3.63) is 39.3 Å². The van der Waals surface area contributed by atoms with Crippen LogP contribution in [0.5, 0.6) is 0 Å². The fraction of sp³-hybridized carbons (Fsp3) is 0.250. The van der Waals surface area contributed by atoms with Gasteiger partial charge >= 0.3 is 0 Å². The SMILES string of the molecule is Clc1cccc(-c2nc(C3OCCO3)cs2)c1Cl. The fourth-order valence-electron chi connectivity index (χ4n) is 1.72. The van der Waals surface area contributed by atoms with E-state index in [1.807, 2.05) is 17.5 Å². The number of ether oxygens (including phenoxy) is 2. The lowest BCUT2D eigenvalue weighted by Gasteiger charge is -2.04. The van der Waals surface area contributed by atoms with E-state index in [0.717, 1.165) is 16.3 Å². The van der Waals surface area contributed by atoms with Crippen molar-refractivity contribution in [3.8, 4) is 10.6 Å². The molecule has 1 fully saturated rings. The zero-order valence-corrected chi connectivity index (χ0v) is 11.6. The van der Waals surface area contributed by atoms with E-state index >= 15 is 0 Å². The van der Waals surface area contributed by atoms with Gasteiger partial charge in [-0.2, -0.15) is 0 Å². The topological polar surface area (TPSA) is 31.4 Å². The lowest BCUT2D eigenvalue weighted by Crippen LogP contribution is -1.97. The van der Waals surface area contributed by atoms with Crippen molar-refractivity contribution in [2.24, 2.45) is 0 Å². The molecule has 0 bridgehead atoms. The normalized spacial score (nSPS) is 16.3. The maximum Gasteiger partial charge on any atom is 0.202 e. The highest BCUT2D eigenvalue weighted by atomic mass is 35.5. The van der Waals surface area contributed by atoms with Gasteiger partial charge in [-0.1, -0.05) is 35.3 Å². The Balaban J connectivity index is 1.95.